The molecule has 1 N–H and O–H groups in total. The van der Waals surface area contributed by atoms with E-state index in [0.717, 1.165) is 11.1 Å². The van der Waals surface area contributed by atoms with E-state index in [4.69, 9.17) is 4.52 Å². The highest BCUT2D eigenvalue weighted by atomic mass is 19.1. The van der Waals surface area contributed by atoms with E-state index in [2.05, 4.69) is 25.7 Å². The maximum Gasteiger partial charge on any atom is 0.278 e. The number of rotatable bonds is 4. The van der Waals surface area contributed by atoms with Gasteiger partial charge in [-0.1, -0.05) is 35.0 Å². The quantitative estimate of drug-likeness (QED) is 0.590. The summed E-state index contributed by atoms with van der Waals surface area (Å²) in [4.78, 5) is 4.36. The summed E-state index contributed by atoms with van der Waals surface area (Å²) >= 11 is 0. The van der Waals surface area contributed by atoms with Crippen LogP contribution in [0.25, 0.3) is 23.0 Å². The molecule has 0 bridgehead atoms. The zero-order valence-corrected chi connectivity index (χ0v) is 13.8. The molecule has 2 aromatic heterocycles. The van der Waals surface area contributed by atoms with Crippen molar-refractivity contribution in [1.82, 2.24) is 20.3 Å². The largest absolute Gasteiger partial charge is 0.339 e. The van der Waals surface area contributed by atoms with Crippen LogP contribution in [0.15, 0.2) is 65.2 Å². The Morgan fingerprint density at radius 3 is 2.35 bits per heavy atom. The molecule has 2 aromatic carbocycles. The maximum absolute atomic E-state index is 12.9. The van der Waals surface area contributed by atoms with E-state index >= 15 is 0 Å². The highest BCUT2D eigenvalue weighted by molar-refractivity contribution is 5.60. The topological polar surface area (TPSA) is 76.7 Å². The van der Waals surface area contributed by atoms with Crippen molar-refractivity contribution in [3.8, 4) is 23.0 Å². The Morgan fingerprint density at radius 1 is 0.885 bits per heavy atom. The van der Waals surface area contributed by atoms with E-state index in [0.29, 0.717) is 28.9 Å². The van der Waals surface area contributed by atoms with Crippen LogP contribution in [-0.4, -0.2) is 20.3 Å². The number of anilines is 2. The molecule has 0 atom stereocenters. The Hall–Kier alpha value is -3.61. The molecule has 0 unspecified atom stereocenters. The summed E-state index contributed by atoms with van der Waals surface area (Å²) in [7, 11) is 0. The molecule has 0 aliphatic rings. The number of nitrogens with zero attached hydrogens (tertiary/aromatic N) is 4. The van der Waals surface area contributed by atoms with Crippen LogP contribution in [0.3, 0.4) is 0 Å². The fourth-order valence-electron chi connectivity index (χ4n) is 2.34. The standard InChI is InChI=1S/C19H14FN5O/c1-12-2-4-13(5-3-12)18-22-19(26-25-18)16-10-11-17(24-23-16)21-15-8-6-14(20)7-9-15/h2-11H,1H3,(H,21,24). The second-order valence-electron chi connectivity index (χ2n) is 5.72. The summed E-state index contributed by atoms with van der Waals surface area (Å²) in [5.41, 5.74) is 3.22. The molecule has 0 spiro atoms. The van der Waals surface area contributed by atoms with E-state index in [9.17, 15) is 4.39 Å². The van der Waals surface area contributed by atoms with Crippen LogP contribution in [0.5, 0.6) is 0 Å². The minimum absolute atomic E-state index is 0.293. The molecule has 0 aliphatic carbocycles. The lowest BCUT2D eigenvalue weighted by Gasteiger charge is -2.04. The highest BCUT2D eigenvalue weighted by Gasteiger charge is 2.12. The fraction of sp³-hybridized carbons (Fsp3) is 0.0526. The lowest BCUT2D eigenvalue weighted by atomic mass is 10.1. The third kappa shape index (κ3) is 3.41. The van der Waals surface area contributed by atoms with Gasteiger partial charge in [-0.15, -0.1) is 10.2 Å². The Kier molecular flexibility index (Phi) is 4.10. The molecule has 7 heteroatoms. The summed E-state index contributed by atoms with van der Waals surface area (Å²) in [5, 5.41) is 15.2. The van der Waals surface area contributed by atoms with Crippen molar-refractivity contribution in [1.29, 1.82) is 0 Å². The number of halogens is 1. The second kappa shape index (κ2) is 6.72. The Labute approximate surface area is 148 Å². The number of nitrogens with one attached hydrogen (secondary N) is 1. The van der Waals surface area contributed by atoms with Crippen molar-refractivity contribution >= 4 is 11.5 Å². The Morgan fingerprint density at radius 2 is 1.65 bits per heavy atom. The monoisotopic (exact) mass is 347 g/mol. The molecule has 6 nitrogen and oxygen atoms in total. The van der Waals surface area contributed by atoms with Crippen LogP contribution in [0.4, 0.5) is 15.9 Å². The molecular formula is C19H14FN5O. The number of aryl methyl sites for hydroxylation is 1. The minimum Gasteiger partial charge on any atom is -0.339 e. The van der Waals surface area contributed by atoms with Gasteiger partial charge in [0.05, 0.1) is 0 Å². The number of hydrogen-bond acceptors (Lipinski definition) is 6. The predicted octanol–water partition coefficient (Wildman–Crippen LogP) is 4.38. The first-order chi connectivity index (χ1) is 12.7. The van der Waals surface area contributed by atoms with Crippen molar-refractivity contribution in [2.45, 2.75) is 6.92 Å². The first kappa shape index (κ1) is 15.9. The lowest BCUT2D eigenvalue weighted by Crippen LogP contribution is -1.96. The van der Waals surface area contributed by atoms with Crippen LogP contribution in [0.2, 0.25) is 0 Å². The van der Waals surface area contributed by atoms with Gasteiger partial charge in [0.1, 0.15) is 5.82 Å². The molecule has 0 saturated heterocycles. The van der Waals surface area contributed by atoms with Crippen LogP contribution in [-0.2, 0) is 0 Å². The molecule has 0 fully saturated rings. The molecule has 128 valence electrons. The molecule has 0 aliphatic heterocycles. The first-order valence-electron chi connectivity index (χ1n) is 7.95. The molecule has 4 aromatic rings. The van der Waals surface area contributed by atoms with Crippen molar-refractivity contribution in [2.24, 2.45) is 0 Å². The van der Waals surface area contributed by atoms with Crippen LogP contribution >= 0.6 is 0 Å². The summed E-state index contributed by atoms with van der Waals surface area (Å²) in [5.74, 6) is 1.02. The van der Waals surface area contributed by atoms with Crippen molar-refractivity contribution in [2.75, 3.05) is 5.32 Å². The van der Waals surface area contributed by atoms with Gasteiger partial charge in [0.2, 0.25) is 5.82 Å². The SMILES string of the molecule is Cc1ccc(-c2noc(-c3ccc(Nc4ccc(F)cc4)nn3)n2)cc1. The van der Waals surface area contributed by atoms with Gasteiger partial charge in [-0.25, -0.2) is 4.39 Å². The third-order valence-electron chi connectivity index (χ3n) is 3.74. The first-order valence-corrected chi connectivity index (χ1v) is 7.95. The molecule has 0 saturated carbocycles. The third-order valence-corrected chi connectivity index (χ3v) is 3.74. The molecule has 0 amide bonds. The summed E-state index contributed by atoms with van der Waals surface area (Å²) in [6.07, 6.45) is 0. The van der Waals surface area contributed by atoms with E-state index in [-0.39, 0.29) is 5.82 Å². The van der Waals surface area contributed by atoms with Gasteiger partial charge < -0.3 is 9.84 Å². The van der Waals surface area contributed by atoms with E-state index in [1.165, 1.54) is 12.1 Å². The highest BCUT2D eigenvalue weighted by Crippen LogP contribution is 2.22. The van der Waals surface area contributed by atoms with Crippen LogP contribution in [0, 0.1) is 12.7 Å². The average Bonchev–Trinajstić information content (AvgIpc) is 3.15. The van der Waals surface area contributed by atoms with Gasteiger partial charge in [-0.05, 0) is 43.3 Å². The Balaban J connectivity index is 1.52. The van der Waals surface area contributed by atoms with Gasteiger partial charge in [-0.3, -0.25) is 0 Å². The molecule has 0 radical (unpaired) electrons. The molecule has 2 heterocycles. The van der Waals surface area contributed by atoms with Gasteiger partial charge in [0.15, 0.2) is 11.5 Å². The average molecular weight is 347 g/mol. The lowest BCUT2D eigenvalue weighted by molar-refractivity contribution is 0.430. The minimum atomic E-state index is -0.294. The van der Waals surface area contributed by atoms with Crippen molar-refractivity contribution < 1.29 is 8.91 Å². The fourth-order valence-corrected chi connectivity index (χ4v) is 2.34. The maximum atomic E-state index is 12.9. The van der Waals surface area contributed by atoms with E-state index < -0.39 is 0 Å². The van der Waals surface area contributed by atoms with E-state index in [1.54, 1.807) is 24.3 Å². The smallest absolute Gasteiger partial charge is 0.278 e. The number of hydrogen-bond donors (Lipinski definition) is 1. The van der Waals surface area contributed by atoms with Crippen LogP contribution in [0.1, 0.15) is 5.56 Å². The van der Waals surface area contributed by atoms with Gasteiger partial charge in [0, 0.05) is 11.3 Å². The predicted molar refractivity (Wildman–Crippen MR) is 95.2 cm³/mol. The zero-order valence-electron chi connectivity index (χ0n) is 13.8. The Bertz CT molecular complexity index is 1010. The van der Waals surface area contributed by atoms with Gasteiger partial charge in [-0.2, -0.15) is 4.98 Å². The second-order valence-corrected chi connectivity index (χ2v) is 5.72. The summed E-state index contributed by atoms with van der Waals surface area (Å²) in [6.45, 7) is 2.02. The summed E-state index contributed by atoms with van der Waals surface area (Å²) < 4.78 is 18.2. The molecule has 26 heavy (non-hydrogen) atoms. The van der Waals surface area contributed by atoms with Gasteiger partial charge in [0.25, 0.3) is 5.89 Å². The normalized spacial score (nSPS) is 10.7. The number of aromatic nitrogens is 4. The molecular weight excluding hydrogens is 333 g/mol. The summed E-state index contributed by atoms with van der Waals surface area (Å²) in [6, 6.07) is 17.3. The molecule has 4 rings (SSSR count). The van der Waals surface area contributed by atoms with Crippen LogP contribution < -0.4 is 5.32 Å². The van der Waals surface area contributed by atoms with Gasteiger partial charge >= 0.3 is 0 Å². The number of benzene rings is 2. The van der Waals surface area contributed by atoms with Crippen molar-refractivity contribution in [3.05, 3.63) is 72.0 Å². The van der Waals surface area contributed by atoms with E-state index in [1.807, 2.05) is 31.2 Å². The van der Waals surface area contributed by atoms with Crippen molar-refractivity contribution in [3.63, 3.8) is 0 Å². The zero-order chi connectivity index (χ0) is 17.9.